The number of amides is 1. The monoisotopic (exact) mass is 428 g/mol. The first kappa shape index (κ1) is 21.8. The molecule has 0 unspecified atom stereocenters. The molecule has 2 saturated heterocycles. The second-order valence-corrected chi connectivity index (χ2v) is 11.2. The van der Waals surface area contributed by atoms with Gasteiger partial charge in [-0.15, -0.1) is 15.3 Å². The van der Waals surface area contributed by atoms with E-state index in [1.807, 2.05) is 36.3 Å². The van der Waals surface area contributed by atoms with Gasteiger partial charge in [-0.3, -0.25) is 0 Å². The highest BCUT2D eigenvalue weighted by atomic mass is 16.6. The van der Waals surface area contributed by atoms with Crippen LogP contribution in [0.25, 0.3) is 5.65 Å². The zero-order valence-electron chi connectivity index (χ0n) is 19.8. The second kappa shape index (κ2) is 7.64. The third-order valence-electron chi connectivity index (χ3n) is 6.54. The molecule has 4 rings (SSSR count). The summed E-state index contributed by atoms with van der Waals surface area (Å²) in [6.45, 7) is 15.7. The van der Waals surface area contributed by atoms with Gasteiger partial charge in [0.1, 0.15) is 11.4 Å². The maximum absolute atomic E-state index is 12.4. The van der Waals surface area contributed by atoms with Crippen LogP contribution in [-0.2, 0) is 10.2 Å². The first-order valence-electron chi connectivity index (χ1n) is 11.4. The molecule has 2 aliphatic heterocycles. The van der Waals surface area contributed by atoms with Crippen LogP contribution < -0.4 is 4.90 Å². The Hall–Kier alpha value is -2.38. The van der Waals surface area contributed by atoms with E-state index in [0.717, 1.165) is 69.2 Å². The molecule has 0 radical (unpaired) electrons. The standard InChI is InChI=1S/C23H36N6O2/c1-21(2,3)19-25-24-17-7-8-18(26-29(17)19)27-13-9-23(10-14-27)11-15-28(16-12-23)20(30)31-22(4,5)6/h7-8H,9-16H2,1-6H3. The number of rotatable bonds is 1. The number of nitrogens with zero attached hydrogens (tertiary/aromatic N) is 6. The van der Waals surface area contributed by atoms with Crippen molar-refractivity contribution in [2.24, 2.45) is 5.41 Å². The molecule has 0 aromatic carbocycles. The Kier molecular flexibility index (Phi) is 5.38. The number of fused-ring (bicyclic) bond motifs is 1. The van der Waals surface area contributed by atoms with Crippen LogP contribution in [0, 0.1) is 5.41 Å². The van der Waals surface area contributed by atoms with Gasteiger partial charge in [0.2, 0.25) is 0 Å². The molecule has 2 fully saturated rings. The summed E-state index contributed by atoms with van der Waals surface area (Å²) in [5.41, 5.74) is 0.561. The molecular weight excluding hydrogens is 392 g/mol. The van der Waals surface area contributed by atoms with Gasteiger partial charge in [-0.2, -0.15) is 4.52 Å². The fourth-order valence-electron chi connectivity index (χ4n) is 4.62. The average molecular weight is 429 g/mol. The van der Waals surface area contributed by atoms with Crippen LogP contribution in [0.2, 0.25) is 0 Å². The van der Waals surface area contributed by atoms with Crippen LogP contribution in [0.1, 0.15) is 73.1 Å². The zero-order valence-corrected chi connectivity index (χ0v) is 19.8. The molecule has 1 spiro atoms. The van der Waals surface area contributed by atoms with Gasteiger partial charge in [0.15, 0.2) is 11.5 Å². The summed E-state index contributed by atoms with van der Waals surface area (Å²) >= 11 is 0. The minimum atomic E-state index is -0.441. The first-order chi connectivity index (χ1) is 14.5. The number of aromatic nitrogens is 4. The van der Waals surface area contributed by atoms with Gasteiger partial charge in [-0.05, 0) is 64.0 Å². The van der Waals surface area contributed by atoms with Crippen molar-refractivity contribution in [1.29, 1.82) is 0 Å². The number of likely N-dealkylation sites (tertiary alicyclic amines) is 1. The van der Waals surface area contributed by atoms with E-state index in [9.17, 15) is 4.79 Å². The molecule has 0 N–H and O–H groups in total. The fraction of sp³-hybridized carbons (Fsp3) is 0.739. The van der Waals surface area contributed by atoms with Crippen LogP contribution in [-0.4, -0.2) is 62.6 Å². The predicted octanol–water partition coefficient (Wildman–Crippen LogP) is 4.04. The lowest BCUT2D eigenvalue weighted by molar-refractivity contribution is 0.00664. The first-order valence-corrected chi connectivity index (χ1v) is 11.4. The molecule has 0 bridgehead atoms. The fourth-order valence-corrected chi connectivity index (χ4v) is 4.62. The van der Waals surface area contributed by atoms with E-state index < -0.39 is 5.60 Å². The molecule has 0 saturated carbocycles. The molecule has 4 heterocycles. The highest BCUT2D eigenvalue weighted by Gasteiger charge is 2.39. The average Bonchev–Trinajstić information content (AvgIpc) is 3.11. The van der Waals surface area contributed by atoms with Gasteiger partial charge >= 0.3 is 6.09 Å². The van der Waals surface area contributed by atoms with Crippen molar-refractivity contribution in [3.05, 3.63) is 18.0 Å². The van der Waals surface area contributed by atoms with E-state index in [4.69, 9.17) is 9.84 Å². The molecule has 8 heteroatoms. The number of hydrogen-bond donors (Lipinski definition) is 0. The number of carbonyl (C=O) groups is 1. The normalized spacial score (nSPS) is 19.8. The Morgan fingerprint density at radius 1 is 0.935 bits per heavy atom. The van der Waals surface area contributed by atoms with Crippen LogP contribution in [0.5, 0.6) is 0 Å². The summed E-state index contributed by atoms with van der Waals surface area (Å²) in [6, 6.07) is 4.06. The van der Waals surface area contributed by atoms with Gasteiger partial charge in [0, 0.05) is 31.6 Å². The second-order valence-electron chi connectivity index (χ2n) is 11.2. The van der Waals surface area contributed by atoms with Crippen LogP contribution in [0.15, 0.2) is 12.1 Å². The summed E-state index contributed by atoms with van der Waals surface area (Å²) < 4.78 is 7.44. The molecule has 0 atom stereocenters. The molecule has 0 aliphatic carbocycles. The lowest BCUT2D eigenvalue weighted by Gasteiger charge is -2.47. The summed E-state index contributed by atoms with van der Waals surface area (Å²) in [5, 5.41) is 13.5. The van der Waals surface area contributed by atoms with Gasteiger partial charge in [-0.1, -0.05) is 20.8 Å². The number of hydrogen-bond acceptors (Lipinski definition) is 6. The highest BCUT2D eigenvalue weighted by Crippen LogP contribution is 2.42. The minimum absolute atomic E-state index is 0.112. The Morgan fingerprint density at radius 2 is 1.55 bits per heavy atom. The van der Waals surface area contributed by atoms with Crippen molar-refractivity contribution in [3.8, 4) is 0 Å². The smallest absolute Gasteiger partial charge is 0.410 e. The van der Waals surface area contributed by atoms with E-state index in [1.54, 1.807) is 0 Å². The molecule has 2 aromatic rings. The van der Waals surface area contributed by atoms with Crippen LogP contribution in [0.3, 0.4) is 0 Å². The Labute approximate surface area is 184 Å². The molecule has 31 heavy (non-hydrogen) atoms. The lowest BCUT2D eigenvalue weighted by Crippen LogP contribution is -2.49. The third-order valence-corrected chi connectivity index (χ3v) is 6.54. The molecule has 8 nitrogen and oxygen atoms in total. The molecule has 170 valence electrons. The summed E-state index contributed by atoms with van der Waals surface area (Å²) in [7, 11) is 0. The van der Waals surface area contributed by atoms with E-state index in [0.29, 0.717) is 5.41 Å². The number of carbonyl (C=O) groups excluding carboxylic acids is 1. The molecule has 2 aromatic heterocycles. The SMILES string of the molecule is CC(C)(C)OC(=O)N1CCC2(CC1)CCN(c1ccc3nnc(C(C)(C)C)n3n1)CC2. The molecule has 2 aliphatic rings. The topological polar surface area (TPSA) is 75.9 Å². The Balaban J connectivity index is 1.39. The van der Waals surface area contributed by atoms with Crippen molar-refractivity contribution in [3.63, 3.8) is 0 Å². The van der Waals surface area contributed by atoms with Crippen molar-refractivity contribution < 1.29 is 9.53 Å². The maximum atomic E-state index is 12.4. The number of anilines is 1. The van der Waals surface area contributed by atoms with Gasteiger partial charge < -0.3 is 14.5 Å². The molecular formula is C23H36N6O2. The quantitative estimate of drug-likeness (QED) is 0.682. The van der Waals surface area contributed by atoms with E-state index in [2.05, 4.69) is 41.9 Å². The van der Waals surface area contributed by atoms with E-state index >= 15 is 0 Å². The minimum Gasteiger partial charge on any atom is -0.444 e. The number of ether oxygens (including phenoxy) is 1. The largest absolute Gasteiger partial charge is 0.444 e. The predicted molar refractivity (Wildman–Crippen MR) is 120 cm³/mol. The van der Waals surface area contributed by atoms with Crippen molar-refractivity contribution in [1.82, 2.24) is 24.7 Å². The van der Waals surface area contributed by atoms with E-state index in [-0.39, 0.29) is 11.5 Å². The van der Waals surface area contributed by atoms with Crippen LogP contribution in [0.4, 0.5) is 10.6 Å². The van der Waals surface area contributed by atoms with Gasteiger partial charge in [-0.25, -0.2) is 4.79 Å². The van der Waals surface area contributed by atoms with E-state index in [1.165, 1.54) is 0 Å². The lowest BCUT2D eigenvalue weighted by atomic mass is 9.71. The number of piperidine rings is 2. The van der Waals surface area contributed by atoms with Crippen molar-refractivity contribution in [2.45, 2.75) is 78.2 Å². The maximum Gasteiger partial charge on any atom is 0.410 e. The van der Waals surface area contributed by atoms with Crippen molar-refractivity contribution >= 4 is 17.6 Å². The summed E-state index contributed by atoms with van der Waals surface area (Å²) in [5.74, 6) is 1.87. The van der Waals surface area contributed by atoms with Crippen LogP contribution >= 0.6 is 0 Å². The highest BCUT2D eigenvalue weighted by molar-refractivity contribution is 5.68. The summed E-state index contributed by atoms with van der Waals surface area (Å²) in [4.78, 5) is 16.6. The summed E-state index contributed by atoms with van der Waals surface area (Å²) in [6.07, 6.45) is 4.17. The van der Waals surface area contributed by atoms with Crippen molar-refractivity contribution in [2.75, 3.05) is 31.1 Å². The molecule has 1 amide bonds. The van der Waals surface area contributed by atoms with Gasteiger partial charge in [0.25, 0.3) is 0 Å². The Bertz CT molecular complexity index is 937. The third kappa shape index (κ3) is 4.62. The Morgan fingerprint density at radius 3 is 2.13 bits per heavy atom. The zero-order chi connectivity index (χ0) is 22.4. The van der Waals surface area contributed by atoms with Gasteiger partial charge in [0.05, 0.1) is 0 Å².